The summed E-state index contributed by atoms with van der Waals surface area (Å²) in [4.78, 5) is 14.9. The molecule has 1 amide bonds. The largest absolute Gasteiger partial charge is 0.339 e. The summed E-state index contributed by atoms with van der Waals surface area (Å²) in [5.74, 6) is -0.719. The first-order valence-corrected chi connectivity index (χ1v) is 10.6. The Kier molecular flexibility index (Phi) is 5.99. The second-order valence-electron chi connectivity index (χ2n) is 8.06. The van der Waals surface area contributed by atoms with E-state index in [4.69, 9.17) is 5.26 Å². The predicted molar refractivity (Wildman–Crippen MR) is 126 cm³/mol. The molecule has 2 aromatic heterocycles. The van der Waals surface area contributed by atoms with Gasteiger partial charge in [0.2, 0.25) is 0 Å². The van der Waals surface area contributed by atoms with E-state index in [2.05, 4.69) is 10.4 Å². The minimum Gasteiger partial charge on any atom is -0.339 e. The Morgan fingerprint density at radius 3 is 2.64 bits per heavy atom. The van der Waals surface area contributed by atoms with Gasteiger partial charge in [0.25, 0.3) is 5.91 Å². The van der Waals surface area contributed by atoms with E-state index in [0.29, 0.717) is 24.3 Å². The van der Waals surface area contributed by atoms with Crippen molar-refractivity contribution in [3.63, 3.8) is 0 Å². The lowest BCUT2D eigenvalue weighted by Crippen LogP contribution is -2.33. The molecular formula is C25H25FN6O. The van der Waals surface area contributed by atoms with Crippen molar-refractivity contribution in [2.45, 2.75) is 0 Å². The molecule has 4 aromatic rings. The maximum Gasteiger partial charge on any atom is 0.270 e. The molecule has 0 unspecified atom stereocenters. The van der Waals surface area contributed by atoms with Gasteiger partial charge >= 0.3 is 0 Å². The number of nitriles is 1. The van der Waals surface area contributed by atoms with E-state index in [-0.39, 0.29) is 11.5 Å². The highest BCUT2D eigenvalue weighted by Gasteiger charge is 2.23. The van der Waals surface area contributed by atoms with Crippen molar-refractivity contribution >= 4 is 16.8 Å². The molecule has 0 aliphatic heterocycles. The van der Waals surface area contributed by atoms with Crippen LogP contribution >= 0.6 is 0 Å². The Bertz CT molecular complexity index is 1390. The van der Waals surface area contributed by atoms with Crippen LogP contribution in [0.5, 0.6) is 0 Å². The van der Waals surface area contributed by atoms with Crippen LogP contribution in [0.25, 0.3) is 33.3 Å². The lowest BCUT2D eigenvalue weighted by molar-refractivity contribution is 0.0787. The van der Waals surface area contributed by atoms with Crippen LogP contribution in [0.2, 0.25) is 0 Å². The Labute approximate surface area is 191 Å². The molecule has 0 aliphatic rings. The Hall–Kier alpha value is -3.96. The van der Waals surface area contributed by atoms with E-state index >= 15 is 0 Å². The van der Waals surface area contributed by atoms with Crippen molar-refractivity contribution in [1.29, 1.82) is 5.26 Å². The van der Waals surface area contributed by atoms with Crippen molar-refractivity contribution in [3.05, 3.63) is 65.7 Å². The monoisotopic (exact) mass is 444 g/mol. The van der Waals surface area contributed by atoms with Crippen LogP contribution in [0.4, 0.5) is 4.39 Å². The van der Waals surface area contributed by atoms with Gasteiger partial charge < -0.3 is 14.8 Å². The summed E-state index contributed by atoms with van der Waals surface area (Å²) in [6.45, 7) is 1.23. The number of amides is 1. The van der Waals surface area contributed by atoms with Crippen molar-refractivity contribution < 1.29 is 9.18 Å². The number of aryl methyl sites for hydroxylation is 1. The van der Waals surface area contributed by atoms with Crippen LogP contribution in [0.3, 0.4) is 0 Å². The molecular weight excluding hydrogens is 419 g/mol. The Morgan fingerprint density at radius 2 is 1.94 bits per heavy atom. The number of nitrogens with one attached hydrogen (secondary N) is 1. The van der Waals surface area contributed by atoms with Crippen LogP contribution < -0.4 is 5.32 Å². The number of fused-ring (bicyclic) bond motifs is 1. The highest BCUT2D eigenvalue weighted by molar-refractivity contribution is 5.98. The lowest BCUT2D eigenvalue weighted by atomic mass is 9.99. The predicted octanol–water partition coefficient (Wildman–Crippen LogP) is 3.55. The quantitative estimate of drug-likeness (QED) is 0.493. The van der Waals surface area contributed by atoms with Gasteiger partial charge in [-0.15, -0.1) is 0 Å². The molecule has 0 fully saturated rings. The molecule has 168 valence electrons. The SMILES string of the molecule is CNCCN(C)C(=O)c1cc(-c2ccc(C#N)c(F)c2)c(-c2ccc3nn(C)cc3c2)n1C. The zero-order chi connectivity index (χ0) is 23.7. The Morgan fingerprint density at radius 1 is 1.18 bits per heavy atom. The van der Waals surface area contributed by atoms with Gasteiger partial charge in [0.1, 0.15) is 17.6 Å². The fourth-order valence-corrected chi connectivity index (χ4v) is 4.02. The summed E-state index contributed by atoms with van der Waals surface area (Å²) in [6.07, 6.45) is 1.93. The van der Waals surface area contributed by atoms with Crippen molar-refractivity contribution in [2.24, 2.45) is 14.1 Å². The molecule has 8 heteroatoms. The van der Waals surface area contributed by atoms with E-state index in [1.54, 1.807) is 28.8 Å². The topological polar surface area (TPSA) is 78.9 Å². The third-order valence-electron chi connectivity index (χ3n) is 5.79. The molecule has 0 bridgehead atoms. The minimum absolute atomic E-state index is 0.0175. The van der Waals surface area contributed by atoms with E-state index in [0.717, 1.165) is 27.7 Å². The van der Waals surface area contributed by atoms with Gasteiger partial charge in [-0.25, -0.2) is 4.39 Å². The zero-order valence-electron chi connectivity index (χ0n) is 19.1. The number of nitrogens with zero attached hydrogens (tertiary/aromatic N) is 5. The molecule has 1 N–H and O–H groups in total. The summed E-state index contributed by atoms with van der Waals surface area (Å²) in [6, 6.07) is 14.1. The maximum absolute atomic E-state index is 14.5. The summed E-state index contributed by atoms with van der Waals surface area (Å²) in [7, 11) is 7.30. The van der Waals surface area contributed by atoms with Gasteiger partial charge in [0.05, 0.1) is 16.8 Å². The molecule has 33 heavy (non-hydrogen) atoms. The first kappa shape index (κ1) is 22.2. The zero-order valence-corrected chi connectivity index (χ0v) is 19.1. The second kappa shape index (κ2) is 8.88. The average molecular weight is 445 g/mol. The average Bonchev–Trinajstić information content (AvgIpc) is 3.34. The number of carbonyl (C=O) groups is 1. The number of aromatic nitrogens is 3. The highest BCUT2D eigenvalue weighted by Crippen LogP contribution is 2.37. The maximum atomic E-state index is 14.5. The number of carbonyl (C=O) groups excluding carboxylic acids is 1. The first-order valence-electron chi connectivity index (χ1n) is 10.6. The minimum atomic E-state index is -0.591. The molecule has 2 aromatic carbocycles. The van der Waals surface area contributed by atoms with Crippen LogP contribution in [0, 0.1) is 17.1 Å². The molecule has 2 heterocycles. The van der Waals surface area contributed by atoms with Gasteiger partial charge in [-0.05, 0) is 48.5 Å². The molecule has 0 aliphatic carbocycles. The smallest absolute Gasteiger partial charge is 0.270 e. The summed E-state index contributed by atoms with van der Waals surface area (Å²) in [5.41, 5.74) is 4.33. The molecule has 0 saturated heterocycles. The van der Waals surface area contributed by atoms with Gasteiger partial charge in [0.15, 0.2) is 0 Å². The van der Waals surface area contributed by atoms with Crippen molar-refractivity contribution in [2.75, 3.05) is 27.2 Å². The van der Waals surface area contributed by atoms with E-state index in [1.165, 1.54) is 12.1 Å². The third-order valence-corrected chi connectivity index (χ3v) is 5.79. The van der Waals surface area contributed by atoms with Crippen molar-refractivity contribution in [3.8, 4) is 28.5 Å². The number of hydrogen-bond donors (Lipinski definition) is 1. The highest BCUT2D eigenvalue weighted by atomic mass is 19.1. The van der Waals surface area contributed by atoms with Crippen LogP contribution in [-0.2, 0) is 14.1 Å². The molecule has 0 atom stereocenters. The molecule has 0 saturated carbocycles. The third kappa shape index (κ3) is 4.11. The fraction of sp³-hybridized carbons (Fsp3) is 0.240. The molecule has 4 rings (SSSR count). The van der Waals surface area contributed by atoms with E-state index in [9.17, 15) is 9.18 Å². The Balaban J connectivity index is 1.90. The van der Waals surface area contributed by atoms with Crippen LogP contribution in [-0.4, -0.2) is 52.3 Å². The van der Waals surface area contributed by atoms with Gasteiger partial charge in [-0.2, -0.15) is 10.4 Å². The number of benzene rings is 2. The van der Waals surface area contributed by atoms with Crippen LogP contribution in [0.15, 0.2) is 48.7 Å². The standard InChI is InChI=1S/C25H25FN6O/c1-28-9-10-30(2)25(33)23-13-20(16-5-6-18(14-27)21(26)12-16)24(32(23)4)17-7-8-22-19(11-17)15-31(3)29-22/h5-8,11-13,15,28H,9-10H2,1-4H3. The van der Waals surface area contributed by atoms with Crippen LogP contribution in [0.1, 0.15) is 16.1 Å². The van der Waals surface area contributed by atoms with Gasteiger partial charge in [-0.3, -0.25) is 9.48 Å². The second-order valence-corrected chi connectivity index (χ2v) is 8.06. The van der Waals surface area contributed by atoms with Crippen molar-refractivity contribution in [1.82, 2.24) is 24.6 Å². The fourth-order valence-electron chi connectivity index (χ4n) is 4.02. The van der Waals surface area contributed by atoms with E-state index in [1.807, 2.05) is 56.2 Å². The normalized spacial score (nSPS) is 11.0. The first-order chi connectivity index (χ1) is 15.8. The number of hydrogen-bond acceptors (Lipinski definition) is 4. The molecule has 0 spiro atoms. The van der Waals surface area contributed by atoms with Gasteiger partial charge in [0, 0.05) is 51.4 Å². The summed E-state index contributed by atoms with van der Waals surface area (Å²) in [5, 5.41) is 17.6. The lowest BCUT2D eigenvalue weighted by Gasteiger charge is -2.17. The number of rotatable bonds is 6. The number of likely N-dealkylation sites (N-methyl/N-ethyl adjacent to an activating group) is 2. The molecule has 0 radical (unpaired) electrons. The molecule has 7 nitrogen and oxygen atoms in total. The summed E-state index contributed by atoms with van der Waals surface area (Å²) >= 11 is 0. The number of halogens is 1. The van der Waals surface area contributed by atoms with Gasteiger partial charge in [-0.1, -0.05) is 12.1 Å². The summed E-state index contributed by atoms with van der Waals surface area (Å²) < 4.78 is 18.1. The van der Waals surface area contributed by atoms with E-state index < -0.39 is 5.82 Å².